The van der Waals surface area contributed by atoms with Crippen LogP contribution in [0.25, 0.3) is 0 Å². The maximum Gasteiger partial charge on any atom is 0.245 e. The van der Waals surface area contributed by atoms with Gasteiger partial charge in [0.05, 0.1) is 6.54 Å². The summed E-state index contributed by atoms with van der Waals surface area (Å²) in [6.07, 6.45) is 5.82. The second kappa shape index (κ2) is 5.97. The molecule has 2 aliphatic rings. The van der Waals surface area contributed by atoms with Gasteiger partial charge >= 0.3 is 0 Å². The summed E-state index contributed by atoms with van der Waals surface area (Å²) in [6.45, 7) is 6.11. The van der Waals surface area contributed by atoms with Gasteiger partial charge in [-0.25, -0.2) is 0 Å². The maximum atomic E-state index is 11.7. The van der Waals surface area contributed by atoms with Gasteiger partial charge < -0.3 is 9.42 Å². The van der Waals surface area contributed by atoms with E-state index in [-0.39, 0.29) is 11.9 Å². The highest BCUT2D eigenvalue weighted by Gasteiger charge is 2.30. The van der Waals surface area contributed by atoms with Crippen molar-refractivity contribution in [1.29, 1.82) is 0 Å². The lowest BCUT2D eigenvalue weighted by Crippen LogP contribution is -2.47. The molecule has 1 aromatic heterocycles. The molecule has 0 radical (unpaired) electrons. The molecule has 0 spiro atoms. The molecule has 6 nitrogen and oxygen atoms in total. The van der Waals surface area contributed by atoms with Crippen LogP contribution in [-0.4, -0.2) is 52.0 Å². The predicted molar refractivity (Wildman–Crippen MR) is 77.5 cm³/mol. The molecule has 21 heavy (non-hydrogen) atoms. The molecule has 114 valence electrons. The van der Waals surface area contributed by atoms with E-state index in [1.807, 2.05) is 7.05 Å². The highest BCUT2D eigenvalue weighted by Crippen LogP contribution is 2.38. The third-order valence-electron chi connectivity index (χ3n) is 4.33. The Morgan fingerprint density at radius 2 is 2.33 bits per heavy atom. The molecule has 1 amide bonds. The normalized spacial score (nSPS) is 23.0. The van der Waals surface area contributed by atoms with E-state index in [0.29, 0.717) is 12.5 Å². The van der Waals surface area contributed by atoms with E-state index < -0.39 is 0 Å². The van der Waals surface area contributed by atoms with E-state index in [4.69, 9.17) is 4.52 Å². The van der Waals surface area contributed by atoms with Gasteiger partial charge in [-0.15, -0.1) is 0 Å². The van der Waals surface area contributed by atoms with E-state index in [1.165, 1.54) is 18.9 Å². The van der Waals surface area contributed by atoms with E-state index in [2.05, 4.69) is 21.6 Å². The molecule has 1 atom stereocenters. The van der Waals surface area contributed by atoms with E-state index in [0.717, 1.165) is 37.6 Å². The molecule has 1 saturated heterocycles. The molecule has 3 rings (SSSR count). The van der Waals surface area contributed by atoms with Crippen LogP contribution in [0.1, 0.15) is 43.3 Å². The summed E-state index contributed by atoms with van der Waals surface area (Å²) < 4.78 is 5.29. The molecule has 0 bridgehead atoms. The minimum atomic E-state index is -0.0163. The number of piperidine rings is 1. The fourth-order valence-corrected chi connectivity index (χ4v) is 2.84. The lowest BCUT2D eigenvalue weighted by molar-refractivity contribution is -0.127. The summed E-state index contributed by atoms with van der Waals surface area (Å²) in [5.74, 6) is 2.03. The molecule has 1 unspecified atom stereocenters. The van der Waals surface area contributed by atoms with Crippen LogP contribution >= 0.6 is 0 Å². The van der Waals surface area contributed by atoms with E-state index in [1.54, 1.807) is 4.90 Å². The largest absolute Gasteiger partial charge is 0.339 e. The van der Waals surface area contributed by atoms with Crippen LogP contribution in [-0.2, 0) is 11.3 Å². The molecule has 1 aliphatic carbocycles. The summed E-state index contributed by atoms with van der Waals surface area (Å²) in [6, 6.07) is 0.235. The molecule has 2 heterocycles. The van der Waals surface area contributed by atoms with Crippen LogP contribution in [0.2, 0.25) is 0 Å². The van der Waals surface area contributed by atoms with Crippen molar-refractivity contribution in [3.05, 3.63) is 24.4 Å². The first-order valence-corrected chi connectivity index (χ1v) is 7.61. The van der Waals surface area contributed by atoms with Crippen molar-refractivity contribution in [3.8, 4) is 0 Å². The topological polar surface area (TPSA) is 62.5 Å². The SMILES string of the molecule is C=CC(=O)N(C)C1CCCN(Cc2noc(C3CC3)n2)C1. The van der Waals surface area contributed by atoms with Crippen molar-refractivity contribution < 1.29 is 9.32 Å². The van der Waals surface area contributed by atoms with Crippen LogP contribution in [0.4, 0.5) is 0 Å². The van der Waals surface area contributed by atoms with Crippen molar-refractivity contribution in [2.75, 3.05) is 20.1 Å². The predicted octanol–water partition coefficient (Wildman–Crippen LogP) is 1.56. The number of nitrogens with zero attached hydrogens (tertiary/aromatic N) is 4. The third kappa shape index (κ3) is 3.32. The van der Waals surface area contributed by atoms with Crippen molar-refractivity contribution in [2.24, 2.45) is 0 Å². The molecule has 1 aliphatic heterocycles. The molecule has 1 saturated carbocycles. The summed E-state index contributed by atoms with van der Waals surface area (Å²) in [7, 11) is 1.84. The average molecular weight is 290 g/mol. The minimum absolute atomic E-state index is 0.0163. The Morgan fingerprint density at radius 3 is 3.05 bits per heavy atom. The Balaban J connectivity index is 1.57. The van der Waals surface area contributed by atoms with Gasteiger partial charge in [0.1, 0.15) is 0 Å². The summed E-state index contributed by atoms with van der Waals surface area (Å²) in [5, 5.41) is 4.07. The lowest BCUT2D eigenvalue weighted by Gasteiger charge is -2.36. The first-order valence-electron chi connectivity index (χ1n) is 7.61. The van der Waals surface area contributed by atoms with Gasteiger partial charge in [0.2, 0.25) is 11.8 Å². The smallest absolute Gasteiger partial charge is 0.245 e. The Hall–Kier alpha value is -1.69. The van der Waals surface area contributed by atoms with Crippen LogP contribution in [0.3, 0.4) is 0 Å². The van der Waals surface area contributed by atoms with Crippen molar-refractivity contribution in [3.63, 3.8) is 0 Å². The second-order valence-corrected chi connectivity index (χ2v) is 6.01. The van der Waals surface area contributed by atoms with Crippen molar-refractivity contribution in [2.45, 2.75) is 44.2 Å². The Morgan fingerprint density at radius 1 is 1.52 bits per heavy atom. The molecule has 0 aromatic carbocycles. The number of hydrogen-bond donors (Lipinski definition) is 0. The number of amides is 1. The number of carbonyl (C=O) groups is 1. The molecular weight excluding hydrogens is 268 g/mol. The zero-order valence-electron chi connectivity index (χ0n) is 12.5. The molecule has 6 heteroatoms. The number of aromatic nitrogens is 2. The molecule has 2 fully saturated rings. The standard InChI is InChI=1S/C15H22N4O2/c1-3-14(20)18(2)12-5-4-8-19(9-12)10-13-16-15(21-17-13)11-6-7-11/h3,11-12H,1,4-10H2,2H3. The van der Waals surface area contributed by atoms with Crippen LogP contribution in [0.15, 0.2) is 17.2 Å². The van der Waals surface area contributed by atoms with Crippen LogP contribution in [0, 0.1) is 0 Å². The Bertz CT molecular complexity index is 523. The summed E-state index contributed by atoms with van der Waals surface area (Å²) >= 11 is 0. The zero-order valence-corrected chi connectivity index (χ0v) is 12.5. The highest BCUT2D eigenvalue weighted by molar-refractivity contribution is 5.87. The van der Waals surface area contributed by atoms with Crippen molar-refractivity contribution >= 4 is 5.91 Å². The van der Waals surface area contributed by atoms with E-state index >= 15 is 0 Å². The minimum Gasteiger partial charge on any atom is -0.339 e. The summed E-state index contributed by atoms with van der Waals surface area (Å²) in [5.41, 5.74) is 0. The first kappa shape index (κ1) is 14.3. The van der Waals surface area contributed by atoms with Gasteiger partial charge in [-0.2, -0.15) is 4.98 Å². The fraction of sp³-hybridized carbons (Fsp3) is 0.667. The summed E-state index contributed by atoms with van der Waals surface area (Å²) in [4.78, 5) is 20.3. The quantitative estimate of drug-likeness (QED) is 0.770. The van der Waals surface area contributed by atoms with Gasteiger partial charge in [-0.3, -0.25) is 9.69 Å². The number of carbonyl (C=O) groups excluding carboxylic acids is 1. The Kier molecular flexibility index (Phi) is 4.05. The number of hydrogen-bond acceptors (Lipinski definition) is 5. The maximum absolute atomic E-state index is 11.7. The zero-order chi connectivity index (χ0) is 14.8. The van der Waals surface area contributed by atoms with Gasteiger partial charge in [-0.05, 0) is 38.3 Å². The van der Waals surface area contributed by atoms with Gasteiger partial charge in [-0.1, -0.05) is 11.7 Å². The second-order valence-electron chi connectivity index (χ2n) is 6.01. The van der Waals surface area contributed by atoms with Crippen LogP contribution in [0.5, 0.6) is 0 Å². The monoisotopic (exact) mass is 290 g/mol. The lowest BCUT2D eigenvalue weighted by atomic mass is 10.0. The number of likely N-dealkylation sites (tertiary alicyclic amines) is 1. The van der Waals surface area contributed by atoms with E-state index in [9.17, 15) is 4.79 Å². The molecular formula is C15H22N4O2. The molecule has 1 aromatic rings. The number of likely N-dealkylation sites (N-methyl/N-ethyl adjacent to an activating group) is 1. The highest BCUT2D eigenvalue weighted by atomic mass is 16.5. The van der Waals surface area contributed by atoms with Crippen molar-refractivity contribution in [1.82, 2.24) is 19.9 Å². The average Bonchev–Trinajstić information content (AvgIpc) is 3.26. The fourth-order valence-electron chi connectivity index (χ4n) is 2.84. The van der Waals surface area contributed by atoms with Gasteiger partial charge in [0, 0.05) is 25.6 Å². The van der Waals surface area contributed by atoms with Gasteiger partial charge in [0.25, 0.3) is 0 Å². The Labute approximate surface area is 124 Å². The van der Waals surface area contributed by atoms with Crippen LogP contribution < -0.4 is 0 Å². The van der Waals surface area contributed by atoms with Gasteiger partial charge in [0.15, 0.2) is 5.82 Å². The first-order chi connectivity index (χ1) is 10.2. The third-order valence-corrected chi connectivity index (χ3v) is 4.33. The number of rotatable bonds is 5. The molecule has 0 N–H and O–H groups in total.